The van der Waals surface area contributed by atoms with Gasteiger partial charge in [-0.25, -0.2) is 0 Å². The van der Waals surface area contributed by atoms with Gasteiger partial charge in [-0.05, 0) is 24.3 Å². The lowest BCUT2D eigenvalue weighted by Crippen LogP contribution is -1.84. The standard InChI is InChI=1S/C12H7ClN2O/c13-10-1-2-12(16)11(4-10)9-3-8(5-14)6-15-7-9/h1-4,6-7,16H. The number of rotatable bonds is 1. The number of hydrogen-bond acceptors (Lipinski definition) is 3. The number of nitriles is 1. The van der Waals surface area contributed by atoms with Crippen LogP contribution in [0.3, 0.4) is 0 Å². The molecule has 2 rings (SSSR count). The van der Waals surface area contributed by atoms with Crippen LogP contribution in [0.1, 0.15) is 5.56 Å². The number of pyridine rings is 1. The van der Waals surface area contributed by atoms with Gasteiger partial charge in [-0.15, -0.1) is 0 Å². The van der Waals surface area contributed by atoms with Crippen molar-refractivity contribution in [1.82, 2.24) is 4.98 Å². The van der Waals surface area contributed by atoms with E-state index in [1.807, 2.05) is 6.07 Å². The zero-order valence-corrected chi connectivity index (χ0v) is 8.94. The highest BCUT2D eigenvalue weighted by molar-refractivity contribution is 6.31. The minimum Gasteiger partial charge on any atom is -0.507 e. The van der Waals surface area contributed by atoms with Gasteiger partial charge in [0.1, 0.15) is 11.8 Å². The van der Waals surface area contributed by atoms with Crippen LogP contribution in [0.15, 0.2) is 36.7 Å². The Kier molecular flexibility index (Phi) is 2.76. The van der Waals surface area contributed by atoms with E-state index < -0.39 is 0 Å². The second-order valence-corrected chi connectivity index (χ2v) is 3.67. The summed E-state index contributed by atoms with van der Waals surface area (Å²) in [6.07, 6.45) is 3.04. The Labute approximate surface area is 97.6 Å². The molecule has 0 fully saturated rings. The Morgan fingerprint density at radius 3 is 2.81 bits per heavy atom. The molecule has 0 spiro atoms. The lowest BCUT2D eigenvalue weighted by atomic mass is 10.1. The van der Waals surface area contributed by atoms with Crippen LogP contribution >= 0.6 is 11.6 Å². The van der Waals surface area contributed by atoms with Crippen LogP contribution in [0.25, 0.3) is 11.1 Å². The topological polar surface area (TPSA) is 56.9 Å². The number of phenols is 1. The highest BCUT2D eigenvalue weighted by atomic mass is 35.5. The number of nitrogens with zero attached hydrogens (tertiary/aromatic N) is 2. The van der Waals surface area contributed by atoms with Crippen LogP contribution in [0.5, 0.6) is 5.75 Å². The van der Waals surface area contributed by atoms with E-state index in [2.05, 4.69) is 4.98 Å². The van der Waals surface area contributed by atoms with Crippen molar-refractivity contribution in [2.24, 2.45) is 0 Å². The Hall–Kier alpha value is -2.05. The number of aromatic nitrogens is 1. The highest BCUT2D eigenvalue weighted by Crippen LogP contribution is 2.31. The molecule has 2 aromatic rings. The molecule has 0 aliphatic heterocycles. The van der Waals surface area contributed by atoms with Crippen LogP contribution in [0.2, 0.25) is 5.02 Å². The maximum absolute atomic E-state index is 9.68. The van der Waals surface area contributed by atoms with Crippen molar-refractivity contribution >= 4 is 11.6 Å². The quantitative estimate of drug-likeness (QED) is 0.819. The van der Waals surface area contributed by atoms with Crippen molar-refractivity contribution in [3.63, 3.8) is 0 Å². The molecular weight excluding hydrogens is 224 g/mol. The second-order valence-electron chi connectivity index (χ2n) is 3.24. The summed E-state index contributed by atoms with van der Waals surface area (Å²) in [5, 5.41) is 19.0. The summed E-state index contributed by atoms with van der Waals surface area (Å²) in [5.41, 5.74) is 1.67. The van der Waals surface area contributed by atoms with E-state index in [1.54, 1.807) is 24.4 Å². The Balaban J connectivity index is 2.58. The SMILES string of the molecule is N#Cc1cncc(-c2cc(Cl)ccc2O)c1. The molecule has 1 heterocycles. The van der Waals surface area contributed by atoms with Crippen molar-refractivity contribution in [2.45, 2.75) is 0 Å². The Morgan fingerprint density at radius 1 is 1.25 bits per heavy atom. The summed E-state index contributed by atoms with van der Waals surface area (Å²) in [7, 11) is 0. The molecule has 0 atom stereocenters. The van der Waals surface area contributed by atoms with E-state index >= 15 is 0 Å². The summed E-state index contributed by atoms with van der Waals surface area (Å²) in [6.45, 7) is 0. The zero-order valence-electron chi connectivity index (χ0n) is 8.18. The van der Waals surface area contributed by atoms with Gasteiger partial charge in [0.25, 0.3) is 0 Å². The Bertz CT molecular complexity index is 575. The fourth-order valence-corrected chi connectivity index (χ4v) is 1.56. The minimum atomic E-state index is 0.112. The molecule has 1 aromatic heterocycles. The molecule has 16 heavy (non-hydrogen) atoms. The minimum absolute atomic E-state index is 0.112. The first-order chi connectivity index (χ1) is 7.70. The third-order valence-electron chi connectivity index (χ3n) is 2.14. The van der Waals surface area contributed by atoms with Crippen molar-refractivity contribution in [3.8, 4) is 22.9 Å². The number of benzene rings is 1. The molecule has 0 radical (unpaired) electrons. The smallest absolute Gasteiger partial charge is 0.123 e. The molecule has 0 aliphatic rings. The van der Waals surface area contributed by atoms with Crippen LogP contribution in [0.4, 0.5) is 0 Å². The molecule has 78 valence electrons. The monoisotopic (exact) mass is 230 g/mol. The van der Waals surface area contributed by atoms with Crippen LogP contribution < -0.4 is 0 Å². The zero-order chi connectivity index (χ0) is 11.5. The number of halogens is 1. The molecule has 0 aliphatic carbocycles. The van der Waals surface area contributed by atoms with Crippen molar-refractivity contribution in [1.29, 1.82) is 5.26 Å². The first-order valence-electron chi connectivity index (χ1n) is 4.55. The third-order valence-corrected chi connectivity index (χ3v) is 2.37. The maximum Gasteiger partial charge on any atom is 0.123 e. The molecule has 0 amide bonds. The molecule has 0 unspecified atom stereocenters. The van der Waals surface area contributed by atoms with E-state index in [-0.39, 0.29) is 5.75 Å². The first-order valence-corrected chi connectivity index (χ1v) is 4.92. The number of phenolic OH excluding ortho intramolecular Hbond substituents is 1. The van der Waals surface area contributed by atoms with Gasteiger partial charge in [-0.2, -0.15) is 5.26 Å². The van der Waals surface area contributed by atoms with Gasteiger partial charge in [-0.3, -0.25) is 4.98 Å². The summed E-state index contributed by atoms with van der Waals surface area (Å²) in [4.78, 5) is 3.93. The summed E-state index contributed by atoms with van der Waals surface area (Å²) < 4.78 is 0. The summed E-state index contributed by atoms with van der Waals surface area (Å²) >= 11 is 5.84. The van der Waals surface area contributed by atoms with Gasteiger partial charge in [-0.1, -0.05) is 11.6 Å². The first kappa shape index (κ1) is 10.5. The summed E-state index contributed by atoms with van der Waals surface area (Å²) in [5.74, 6) is 0.112. The van der Waals surface area contributed by atoms with E-state index in [0.29, 0.717) is 21.7 Å². The highest BCUT2D eigenvalue weighted by Gasteiger charge is 2.06. The predicted molar refractivity (Wildman–Crippen MR) is 61.1 cm³/mol. The molecule has 1 N–H and O–H groups in total. The fraction of sp³-hybridized carbons (Fsp3) is 0. The van der Waals surface area contributed by atoms with E-state index in [9.17, 15) is 5.11 Å². The Morgan fingerprint density at radius 2 is 2.06 bits per heavy atom. The average molecular weight is 231 g/mol. The van der Waals surface area contributed by atoms with E-state index in [4.69, 9.17) is 16.9 Å². The molecule has 0 saturated carbocycles. The summed E-state index contributed by atoms with van der Waals surface area (Å²) in [6, 6.07) is 8.39. The second kappa shape index (κ2) is 4.21. The van der Waals surface area contributed by atoms with Crippen molar-refractivity contribution in [3.05, 3.63) is 47.2 Å². The largest absolute Gasteiger partial charge is 0.507 e. The maximum atomic E-state index is 9.68. The van der Waals surface area contributed by atoms with E-state index in [0.717, 1.165) is 0 Å². The van der Waals surface area contributed by atoms with Gasteiger partial charge in [0, 0.05) is 28.5 Å². The van der Waals surface area contributed by atoms with Gasteiger partial charge in [0.2, 0.25) is 0 Å². The average Bonchev–Trinajstić information content (AvgIpc) is 2.32. The normalized spacial score (nSPS) is 9.75. The van der Waals surface area contributed by atoms with Gasteiger partial charge in [0.05, 0.1) is 5.56 Å². The molecule has 0 bridgehead atoms. The fourth-order valence-electron chi connectivity index (χ4n) is 1.39. The van der Waals surface area contributed by atoms with Gasteiger partial charge >= 0.3 is 0 Å². The van der Waals surface area contributed by atoms with Crippen molar-refractivity contribution in [2.75, 3.05) is 0 Å². The molecule has 0 saturated heterocycles. The van der Waals surface area contributed by atoms with Gasteiger partial charge in [0.15, 0.2) is 0 Å². The van der Waals surface area contributed by atoms with Gasteiger partial charge < -0.3 is 5.11 Å². The third kappa shape index (κ3) is 1.97. The number of hydrogen-bond donors (Lipinski definition) is 1. The van der Waals surface area contributed by atoms with Crippen LogP contribution in [-0.4, -0.2) is 10.1 Å². The van der Waals surface area contributed by atoms with E-state index in [1.165, 1.54) is 12.3 Å². The molecule has 3 nitrogen and oxygen atoms in total. The van der Waals surface area contributed by atoms with Crippen LogP contribution in [0, 0.1) is 11.3 Å². The molecule has 4 heteroatoms. The predicted octanol–water partition coefficient (Wildman–Crippen LogP) is 2.98. The lowest BCUT2D eigenvalue weighted by Gasteiger charge is -2.04. The molecule has 1 aromatic carbocycles. The van der Waals surface area contributed by atoms with Crippen LogP contribution in [-0.2, 0) is 0 Å². The number of aromatic hydroxyl groups is 1. The van der Waals surface area contributed by atoms with Crippen molar-refractivity contribution < 1.29 is 5.11 Å². The molecular formula is C12H7ClN2O. The lowest BCUT2D eigenvalue weighted by molar-refractivity contribution is 0.477.